The number of carbonyl (C=O) groups is 1. The van der Waals surface area contributed by atoms with Gasteiger partial charge in [-0.25, -0.2) is 4.79 Å². The van der Waals surface area contributed by atoms with Crippen LogP contribution in [0.2, 0.25) is 5.02 Å². The molecule has 4 rings (SSSR count). The number of anilines is 2. The summed E-state index contributed by atoms with van der Waals surface area (Å²) in [4.78, 5) is 20.7. The van der Waals surface area contributed by atoms with Crippen molar-refractivity contribution in [2.45, 2.75) is 18.8 Å². The average Bonchev–Trinajstić information content (AvgIpc) is 3.40. The van der Waals surface area contributed by atoms with Gasteiger partial charge >= 0.3 is 6.03 Å². The molecule has 24 heavy (non-hydrogen) atoms. The molecule has 2 heterocycles. The van der Waals surface area contributed by atoms with Gasteiger partial charge in [0.2, 0.25) is 0 Å². The minimum Gasteiger partial charge on any atom is -0.306 e. The van der Waals surface area contributed by atoms with Crippen LogP contribution >= 0.6 is 11.6 Å². The number of urea groups is 1. The summed E-state index contributed by atoms with van der Waals surface area (Å²) in [6, 6.07) is 8.89. The van der Waals surface area contributed by atoms with E-state index in [2.05, 4.69) is 20.6 Å². The summed E-state index contributed by atoms with van der Waals surface area (Å²) >= 11 is 6.15. The van der Waals surface area contributed by atoms with E-state index in [0.717, 1.165) is 35.0 Å². The SMILES string of the molecule is O=C(Nc1cccnc1)Nc1cnc2ccc(Cl)cc2c1C1CC1. The summed E-state index contributed by atoms with van der Waals surface area (Å²) in [5.74, 6) is 0.447. The fourth-order valence-electron chi connectivity index (χ4n) is 2.82. The molecular formula is C18H15ClN4O. The second-order valence-corrected chi connectivity index (χ2v) is 6.28. The van der Waals surface area contributed by atoms with Gasteiger partial charge in [0, 0.05) is 16.6 Å². The van der Waals surface area contributed by atoms with E-state index in [4.69, 9.17) is 11.6 Å². The van der Waals surface area contributed by atoms with Crippen LogP contribution in [0.5, 0.6) is 0 Å². The predicted octanol–water partition coefficient (Wildman–Crippen LogP) is 4.80. The zero-order valence-corrected chi connectivity index (χ0v) is 13.5. The number of pyridine rings is 2. The predicted molar refractivity (Wildman–Crippen MR) is 95.6 cm³/mol. The number of rotatable bonds is 3. The van der Waals surface area contributed by atoms with E-state index in [0.29, 0.717) is 16.6 Å². The third-order valence-corrected chi connectivity index (χ3v) is 4.26. The number of hydrogen-bond donors (Lipinski definition) is 2. The van der Waals surface area contributed by atoms with Crippen molar-refractivity contribution in [3.05, 3.63) is 59.5 Å². The molecule has 0 unspecified atom stereocenters. The molecule has 120 valence electrons. The Morgan fingerprint density at radius 1 is 1.17 bits per heavy atom. The Balaban J connectivity index is 1.66. The number of benzene rings is 1. The minimum absolute atomic E-state index is 0.312. The van der Waals surface area contributed by atoms with Crippen LogP contribution < -0.4 is 10.6 Å². The second kappa shape index (κ2) is 6.09. The van der Waals surface area contributed by atoms with Crippen molar-refractivity contribution in [1.29, 1.82) is 0 Å². The molecule has 0 saturated heterocycles. The van der Waals surface area contributed by atoms with Gasteiger partial charge in [0.1, 0.15) is 0 Å². The first-order valence-corrected chi connectivity index (χ1v) is 8.15. The largest absolute Gasteiger partial charge is 0.323 e. The lowest BCUT2D eigenvalue weighted by molar-refractivity contribution is 0.262. The molecule has 1 aliphatic carbocycles. The monoisotopic (exact) mass is 338 g/mol. The average molecular weight is 339 g/mol. The molecule has 5 nitrogen and oxygen atoms in total. The van der Waals surface area contributed by atoms with Gasteiger partial charge in [-0.3, -0.25) is 9.97 Å². The first-order chi connectivity index (χ1) is 11.7. The summed E-state index contributed by atoms with van der Waals surface area (Å²) in [5, 5.41) is 7.35. The first-order valence-electron chi connectivity index (χ1n) is 7.77. The normalized spacial score (nSPS) is 13.7. The van der Waals surface area contributed by atoms with Crippen LogP contribution in [0.1, 0.15) is 24.3 Å². The molecule has 2 amide bonds. The van der Waals surface area contributed by atoms with Crippen LogP contribution in [0, 0.1) is 0 Å². The number of amides is 2. The molecule has 0 radical (unpaired) electrons. The summed E-state index contributed by atoms with van der Waals surface area (Å²) in [6.07, 6.45) is 7.20. The second-order valence-electron chi connectivity index (χ2n) is 5.84. The first kappa shape index (κ1) is 14.9. The lowest BCUT2D eigenvalue weighted by Crippen LogP contribution is -2.20. The molecule has 0 atom stereocenters. The number of nitrogens with one attached hydrogen (secondary N) is 2. The van der Waals surface area contributed by atoms with Crippen LogP contribution in [-0.2, 0) is 0 Å². The van der Waals surface area contributed by atoms with Crippen molar-refractivity contribution in [3.8, 4) is 0 Å². The highest BCUT2D eigenvalue weighted by molar-refractivity contribution is 6.31. The molecule has 6 heteroatoms. The zero-order valence-electron chi connectivity index (χ0n) is 12.8. The molecule has 1 aromatic carbocycles. The summed E-state index contributed by atoms with van der Waals surface area (Å²) in [5.41, 5.74) is 3.37. The Morgan fingerprint density at radius 2 is 2.04 bits per heavy atom. The van der Waals surface area contributed by atoms with Crippen molar-refractivity contribution in [3.63, 3.8) is 0 Å². The van der Waals surface area contributed by atoms with Crippen molar-refractivity contribution >= 4 is 39.9 Å². The highest BCUT2D eigenvalue weighted by Gasteiger charge is 2.29. The Hall–Kier alpha value is -2.66. The number of fused-ring (bicyclic) bond motifs is 1. The third kappa shape index (κ3) is 3.03. The van der Waals surface area contributed by atoms with E-state index in [1.54, 1.807) is 30.7 Å². The quantitative estimate of drug-likeness (QED) is 0.720. The van der Waals surface area contributed by atoms with Gasteiger partial charge in [-0.05, 0) is 54.7 Å². The van der Waals surface area contributed by atoms with Gasteiger partial charge in [0.25, 0.3) is 0 Å². The number of carbonyl (C=O) groups excluding carboxylic acids is 1. The molecule has 1 saturated carbocycles. The molecule has 1 aliphatic rings. The lowest BCUT2D eigenvalue weighted by atomic mass is 10.0. The fraction of sp³-hybridized carbons (Fsp3) is 0.167. The van der Waals surface area contributed by atoms with E-state index in [9.17, 15) is 4.79 Å². The van der Waals surface area contributed by atoms with Gasteiger partial charge in [-0.2, -0.15) is 0 Å². The molecule has 0 bridgehead atoms. The van der Waals surface area contributed by atoms with Crippen LogP contribution in [-0.4, -0.2) is 16.0 Å². The number of aromatic nitrogens is 2. The highest BCUT2D eigenvalue weighted by atomic mass is 35.5. The Labute approximate surface area is 144 Å². The molecule has 2 aromatic heterocycles. The fourth-order valence-corrected chi connectivity index (χ4v) is 2.99. The van der Waals surface area contributed by atoms with Crippen LogP contribution in [0.4, 0.5) is 16.2 Å². The Bertz CT molecular complexity index is 910. The van der Waals surface area contributed by atoms with Crippen molar-refractivity contribution in [2.75, 3.05) is 10.6 Å². The highest BCUT2D eigenvalue weighted by Crippen LogP contribution is 2.46. The number of nitrogens with zero attached hydrogens (tertiary/aromatic N) is 2. The standard InChI is InChI=1S/C18H15ClN4O/c19-12-5-6-15-14(8-12)17(11-3-4-11)16(10-21-15)23-18(24)22-13-2-1-7-20-9-13/h1-2,5-11H,3-4H2,(H2,22,23,24). The maximum Gasteiger partial charge on any atom is 0.323 e. The molecule has 0 aliphatic heterocycles. The van der Waals surface area contributed by atoms with Crippen LogP contribution in [0.25, 0.3) is 10.9 Å². The maximum absolute atomic E-state index is 12.3. The van der Waals surface area contributed by atoms with Gasteiger partial charge < -0.3 is 10.6 Å². The lowest BCUT2D eigenvalue weighted by Gasteiger charge is -2.14. The van der Waals surface area contributed by atoms with E-state index in [1.165, 1.54) is 0 Å². The van der Waals surface area contributed by atoms with Gasteiger partial charge in [-0.15, -0.1) is 0 Å². The van der Waals surface area contributed by atoms with E-state index >= 15 is 0 Å². The molecule has 0 spiro atoms. The van der Waals surface area contributed by atoms with Gasteiger partial charge in [0.15, 0.2) is 0 Å². The van der Waals surface area contributed by atoms with Crippen molar-refractivity contribution < 1.29 is 4.79 Å². The van der Waals surface area contributed by atoms with Gasteiger partial charge in [-0.1, -0.05) is 11.6 Å². The van der Waals surface area contributed by atoms with E-state index in [-0.39, 0.29) is 6.03 Å². The van der Waals surface area contributed by atoms with Gasteiger partial charge in [0.05, 0.1) is 29.3 Å². The Morgan fingerprint density at radius 3 is 2.79 bits per heavy atom. The topological polar surface area (TPSA) is 66.9 Å². The smallest absolute Gasteiger partial charge is 0.306 e. The zero-order chi connectivity index (χ0) is 16.5. The van der Waals surface area contributed by atoms with Crippen LogP contribution in [0.3, 0.4) is 0 Å². The van der Waals surface area contributed by atoms with Crippen LogP contribution in [0.15, 0.2) is 48.9 Å². The number of hydrogen-bond acceptors (Lipinski definition) is 3. The summed E-state index contributed by atoms with van der Waals surface area (Å²) in [6.45, 7) is 0. The minimum atomic E-state index is -0.312. The molecule has 1 fully saturated rings. The summed E-state index contributed by atoms with van der Waals surface area (Å²) in [7, 11) is 0. The number of halogens is 1. The van der Waals surface area contributed by atoms with E-state index in [1.807, 2.05) is 18.2 Å². The summed E-state index contributed by atoms with van der Waals surface area (Å²) < 4.78 is 0. The van der Waals surface area contributed by atoms with Crippen molar-refractivity contribution in [1.82, 2.24) is 9.97 Å². The van der Waals surface area contributed by atoms with Crippen molar-refractivity contribution in [2.24, 2.45) is 0 Å². The molecule has 2 N–H and O–H groups in total. The third-order valence-electron chi connectivity index (χ3n) is 4.02. The van der Waals surface area contributed by atoms with E-state index < -0.39 is 0 Å². The molecule has 3 aromatic rings. The Kier molecular flexibility index (Phi) is 3.78. The maximum atomic E-state index is 12.3. The molecular weight excluding hydrogens is 324 g/mol.